The minimum absolute atomic E-state index is 0.0854. The molecule has 0 aliphatic rings. The van der Waals surface area contributed by atoms with Gasteiger partial charge in [-0.2, -0.15) is 13.2 Å². The fraction of sp³-hybridized carbons (Fsp3) is 0.273. The van der Waals surface area contributed by atoms with E-state index >= 15 is 0 Å². The van der Waals surface area contributed by atoms with E-state index in [-0.39, 0.29) is 5.69 Å². The minimum atomic E-state index is -4.91. The number of carbonyl (C=O) groups excluding carboxylic acids is 1. The predicted octanol–water partition coefficient (Wildman–Crippen LogP) is 3.30. The van der Waals surface area contributed by atoms with E-state index in [9.17, 15) is 18.0 Å². The van der Waals surface area contributed by atoms with Crippen molar-refractivity contribution in [1.82, 2.24) is 0 Å². The van der Waals surface area contributed by atoms with Crippen LogP contribution in [-0.2, 0) is 11.2 Å². The second kappa shape index (κ2) is 4.87. The third kappa shape index (κ3) is 3.21. The molecule has 6 heteroatoms. The van der Waals surface area contributed by atoms with Crippen LogP contribution >= 0.6 is 0 Å². The summed E-state index contributed by atoms with van der Waals surface area (Å²) in [5.41, 5.74) is 0.908. The standard InChI is InChI=1S/C11H9F3N2O/c1-3-7-6-8(15-2)4-5-9(7)16-10(17)11(12,13)14/h4-6H,3H2,1H3,(H,16,17). The van der Waals surface area contributed by atoms with E-state index in [0.29, 0.717) is 17.7 Å². The first-order chi connectivity index (χ1) is 7.88. The van der Waals surface area contributed by atoms with Gasteiger partial charge in [0.2, 0.25) is 0 Å². The monoisotopic (exact) mass is 242 g/mol. The quantitative estimate of drug-likeness (QED) is 0.793. The Morgan fingerprint density at radius 1 is 1.47 bits per heavy atom. The van der Waals surface area contributed by atoms with E-state index in [1.54, 1.807) is 12.2 Å². The molecule has 0 atom stereocenters. The van der Waals surface area contributed by atoms with E-state index in [4.69, 9.17) is 6.57 Å². The maximum absolute atomic E-state index is 12.1. The molecule has 0 bridgehead atoms. The molecule has 0 spiro atoms. The van der Waals surface area contributed by atoms with E-state index in [2.05, 4.69) is 4.85 Å². The van der Waals surface area contributed by atoms with Crippen molar-refractivity contribution in [2.45, 2.75) is 19.5 Å². The zero-order valence-electron chi connectivity index (χ0n) is 8.93. The number of rotatable bonds is 2. The zero-order valence-corrected chi connectivity index (χ0v) is 8.93. The summed E-state index contributed by atoms with van der Waals surface area (Å²) in [6, 6.07) is 4.12. The molecule has 1 rings (SSSR count). The highest BCUT2D eigenvalue weighted by Gasteiger charge is 2.38. The summed E-state index contributed by atoms with van der Waals surface area (Å²) in [5.74, 6) is -2.01. The van der Waals surface area contributed by atoms with E-state index in [1.165, 1.54) is 18.2 Å². The van der Waals surface area contributed by atoms with Crippen LogP contribution in [0.5, 0.6) is 0 Å². The minimum Gasteiger partial charge on any atom is -0.318 e. The molecule has 0 radical (unpaired) electrons. The smallest absolute Gasteiger partial charge is 0.318 e. The first-order valence-corrected chi connectivity index (χ1v) is 4.77. The number of alkyl halides is 3. The number of hydrogen-bond donors (Lipinski definition) is 1. The van der Waals surface area contributed by atoms with E-state index < -0.39 is 12.1 Å². The summed E-state index contributed by atoms with van der Waals surface area (Å²) in [4.78, 5) is 13.9. The van der Waals surface area contributed by atoms with E-state index in [1.807, 2.05) is 0 Å². The van der Waals surface area contributed by atoms with Crippen LogP contribution in [0.15, 0.2) is 18.2 Å². The van der Waals surface area contributed by atoms with Crippen molar-refractivity contribution in [3.63, 3.8) is 0 Å². The van der Waals surface area contributed by atoms with Crippen molar-refractivity contribution in [1.29, 1.82) is 0 Å². The molecule has 0 fully saturated rings. The molecule has 1 aromatic carbocycles. The van der Waals surface area contributed by atoms with Crippen molar-refractivity contribution in [3.8, 4) is 0 Å². The summed E-state index contributed by atoms with van der Waals surface area (Å²) >= 11 is 0. The van der Waals surface area contributed by atoms with Crippen LogP contribution < -0.4 is 5.32 Å². The maximum Gasteiger partial charge on any atom is 0.471 e. The summed E-state index contributed by atoms with van der Waals surface area (Å²) in [5, 5.41) is 1.79. The predicted molar refractivity (Wildman–Crippen MR) is 56.8 cm³/mol. The second-order valence-corrected chi connectivity index (χ2v) is 3.26. The number of nitrogens with zero attached hydrogens (tertiary/aromatic N) is 1. The lowest BCUT2D eigenvalue weighted by atomic mass is 10.1. The highest BCUT2D eigenvalue weighted by atomic mass is 19.4. The summed E-state index contributed by atoms with van der Waals surface area (Å²) < 4.78 is 36.2. The lowest BCUT2D eigenvalue weighted by Crippen LogP contribution is -2.30. The lowest BCUT2D eigenvalue weighted by Gasteiger charge is -2.11. The number of carbonyl (C=O) groups is 1. The van der Waals surface area contributed by atoms with Gasteiger partial charge >= 0.3 is 12.1 Å². The van der Waals surface area contributed by atoms with Crippen LogP contribution in [0.1, 0.15) is 12.5 Å². The number of benzene rings is 1. The van der Waals surface area contributed by atoms with Crippen molar-refractivity contribution in [2.75, 3.05) is 5.32 Å². The lowest BCUT2D eigenvalue weighted by molar-refractivity contribution is -0.167. The van der Waals surface area contributed by atoms with Gasteiger partial charge in [-0.1, -0.05) is 19.1 Å². The Kier molecular flexibility index (Phi) is 3.73. The molecular formula is C11H9F3N2O. The Labute approximate surface area is 96.1 Å². The average Bonchev–Trinajstić information content (AvgIpc) is 2.28. The largest absolute Gasteiger partial charge is 0.471 e. The Morgan fingerprint density at radius 2 is 2.12 bits per heavy atom. The van der Waals surface area contributed by atoms with Gasteiger partial charge in [-0.15, -0.1) is 0 Å². The summed E-state index contributed by atoms with van der Waals surface area (Å²) in [6.45, 7) is 8.51. The number of anilines is 1. The zero-order chi connectivity index (χ0) is 13.1. The molecule has 0 aliphatic carbocycles. The maximum atomic E-state index is 12.1. The molecule has 0 aliphatic heterocycles. The summed E-state index contributed by atoms with van der Waals surface area (Å²) in [7, 11) is 0. The second-order valence-electron chi connectivity index (χ2n) is 3.26. The average molecular weight is 242 g/mol. The third-order valence-electron chi connectivity index (χ3n) is 2.10. The Balaban J connectivity index is 3.00. The van der Waals surface area contributed by atoms with Gasteiger partial charge in [0, 0.05) is 5.69 Å². The van der Waals surface area contributed by atoms with Gasteiger partial charge in [-0.3, -0.25) is 4.79 Å². The molecule has 1 amide bonds. The topological polar surface area (TPSA) is 33.5 Å². The van der Waals surface area contributed by atoms with Crippen LogP contribution in [0.4, 0.5) is 24.5 Å². The van der Waals surface area contributed by atoms with Crippen molar-refractivity contribution >= 4 is 17.3 Å². The van der Waals surface area contributed by atoms with Crippen LogP contribution in [-0.4, -0.2) is 12.1 Å². The normalized spacial score (nSPS) is 10.8. The van der Waals surface area contributed by atoms with Crippen LogP contribution in [0, 0.1) is 6.57 Å². The molecule has 0 saturated carbocycles. The molecule has 0 unspecified atom stereocenters. The molecule has 17 heavy (non-hydrogen) atoms. The van der Waals surface area contributed by atoms with Crippen LogP contribution in [0.25, 0.3) is 4.85 Å². The molecule has 3 nitrogen and oxygen atoms in total. The molecule has 0 heterocycles. The van der Waals surface area contributed by atoms with Crippen molar-refractivity contribution in [2.24, 2.45) is 0 Å². The van der Waals surface area contributed by atoms with Gasteiger partial charge in [-0.05, 0) is 18.1 Å². The van der Waals surface area contributed by atoms with Crippen LogP contribution in [0.2, 0.25) is 0 Å². The number of amides is 1. The fourth-order valence-electron chi connectivity index (χ4n) is 1.26. The van der Waals surface area contributed by atoms with Gasteiger partial charge < -0.3 is 5.32 Å². The molecule has 0 aromatic heterocycles. The third-order valence-corrected chi connectivity index (χ3v) is 2.10. The van der Waals surface area contributed by atoms with Gasteiger partial charge in [-0.25, -0.2) is 4.85 Å². The van der Waals surface area contributed by atoms with Gasteiger partial charge in [0.25, 0.3) is 0 Å². The molecular weight excluding hydrogens is 233 g/mol. The highest BCUT2D eigenvalue weighted by molar-refractivity contribution is 5.95. The highest BCUT2D eigenvalue weighted by Crippen LogP contribution is 2.25. The van der Waals surface area contributed by atoms with Gasteiger partial charge in [0.1, 0.15) is 0 Å². The SMILES string of the molecule is [C-]#[N+]c1ccc(NC(=O)C(F)(F)F)c(CC)c1. The van der Waals surface area contributed by atoms with Gasteiger partial charge in [0.05, 0.1) is 6.57 Å². The van der Waals surface area contributed by atoms with Crippen molar-refractivity contribution in [3.05, 3.63) is 35.2 Å². The molecule has 1 aromatic rings. The Hall–Kier alpha value is -2.03. The number of hydrogen-bond acceptors (Lipinski definition) is 1. The number of aryl methyl sites for hydroxylation is 1. The van der Waals surface area contributed by atoms with Gasteiger partial charge in [0.15, 0.2) is 5.69 Å². The molecule has 0 saturated heterocycles. The molecule has 1 N–H and O–H groups in total. The first-order valence-electron chi connectivity index (χ1n) is 4.77. The first kappa shape index (κ1) is 13.0. The van der Waals surface area contributed by atoms with Crippen LogP contribution in [0.3, 0.4) is 0 Å². The van der Waals surface area contributed by atoms with E-state index in [0.717, 1.165) is 0 Å². The number of halogens is 3. The summed E-state index contributed by atoms with van der Waals surface area (Å²) in [6.07, 6.45) is -4.49. The Bertz CT molecular complexity index is 475. The number of nitrogens with one attached hydrogen (secondary N) is 1. The fourth-order valence-corrected chi connectivity index (χ4v) is 1.26. The Morgan fingerprint density at radius 3 is 2.59 bits per heavy atom. The molecule has 90 valence electrons. The van der Waals surface area contributed by atoms with Crippen molar-refractivity contribution < 1.29 is 18.0 Å².